The largest absolute Gasteiger partial charge is 0.472 e. The number of hydrogen-bond acceptors (Lipinski definition) is 14. The molecule has 0 saturated carbocycles. The van der Waals surface area contributed by atoms with Gasteiger partial charge in [0, 0.05) is 19.3 Å². The lowest BCUT2D eigenvalue weighted by atomic mass is 10.0. The highest BCUT2D eigenvalue weighted by molar-refractivity contribution is 7.47. The van der Waals surface area contributed by atoms with E-state index in [4.69, 9.17) is 32.3 Å². The van der Waals surface area contributed by atoms with Crippen molar-refractivity contribution in [1.29, 1.82) is 0 Å². The molecular weight excluding hydrogens is 1270 g/mol. The van der Waals surface area contributed by atoms with E-state index < -0.39 is 91.5 Å². The van der Waals surface area contributed by atoms with Crippen LogP contribution in [0.2, 0.25) is 0 Å². The highest BCUT2D eigenvalue weighted by atomic mass is 31.2. The Kier molecular flexibility index (Phi) is 68.8. The molecule has 0 bridgehead atoms. The fraction of sp³-hybridized carbons (Fsp3) is 0.709. The van der Waals surface area contributed by atoms with Gasteiger partial charge in [-0.3, -0.25) is 32.5 Å². The summed E-state index contributed by atoms with van der Waals surface area (Å²) in [5, 5.41) is 20.6. The number of aliphatic hydroxyl groups excluding tert-OH is 2. The van der Waals surface area contributed by atoms with Gasteiger partial charge in [-0.15, -0.1) is 0 Å². The molecule has 0 aliphatic heterocycles. The Morgan fingerprint density at radius 3 is 0.856 bits per heavy atom. The fourth-order valence-corrected chi connectivity index (χ4v) is 11.4. The Labute approximate surface area is 589 Å². The van der Waals surface area contributed by atoms with Crippen molar-refractivity contribution < 1.29 is 75.8 Å². The first-order valence-corrected chi connectivity index (χ1v) is 40.8. The van der Waals surface area contributed by atoms with Gasteiger partial charge in [0.05, 0.1) is 26.4 Å². The summed E-state index contributed by atoms with van der Waals surface area (Å²) < 4.78 is 61.0. The molecule has 0 spiro atoms. The minimum atomic E-state index is -4.94. The molecule has 558 valence electrons. The minimum Gasteiger partial charge on any atom is -0.463 e. The molecule has 0 rings (SSSR count). The van der Waals surface area contributed by atoms with Crippen molar-refractivity contribution in [1.82, 2.24) is 0 Å². The van der Waals surface area contributed by atoms with Gasteiger partial charge in [-0.25, -0.2) is 9.13 Å². The van der Waals surface area contributed by atoms with Crippen molar-refractivity contribution in [2.24, 2.45) is 0 Å². The summed E-state index contributed by atoms with van der Waals surface area (Å²) in [5.41, 5.74) is 0. The molecule has 4 N–H and O–H groups in total. The number of allylic oxidation sites excluding steroid dienone is 20. The third-order valence-corrected chi connectivity index (χ3v) is 17.5. The number of esters is 3. The van der Waals surface area contributed by atoms with Crippen molar-refractivity contribution >= 4 is 33.6 Å². The van der Waals surface area contributed by atoms with Crippen LogP contribution in [0.15, 0.2) is 122 Å². The molecular formula is C79H136O16P2. The van der Waals surface area contributed by atoms with Crippen molar-refractivity contribution in [3.63, 3.8) is 0 Å². The van der Waals surface area contributed by atoms with Gasteiger partial charge >= 0.3 is 33.6 Å². The van der Waals surface area contributed by atoms with Crippen LogP contribution in [0.25, 0.3) is 0 Å². The molecule has 0 aromatic heterocycles. The van der Waals surface area contributed by atoms with Crippen molar-refractivity contribution in [2.75, 3.05) is 39.6 Å². The number of phosphoric ester groups is 2. The van der Waals surface area contributed by atoms with Gasteiger partial charge in [-0.05, 0) is 135 Å². The van der Waals surface area contributed by atoms with E-state index in [1.165, 1.54) is 96.3 Å². The summed E-state index contributed by atoms with van der Waals surface area (Å²) in [6.07, 6.45) is 83.9. The summed E-state index contributed by atoms with van der Waals surface area (Å²) in [6.45, 7) is 2.51. The number of carbonyl (C=O) groups is 3. The molecule has 0 saturated heterocycles. The molecule has 5 unspecified atom stereocenters. The van der Waals surface area contributed by atoms with Crippen LogP contribution in [0.3, 0.4) is 0 Å². The number of aliphatic hydroxyl groups is 2. The third-order valence-electron chi connectivity index (χ3n) is 15.6. The Balaban J connectivity index is 4.55. The van der Waals surface area contributed by atoms with Gasteiger partial charge in [0.15, 0.2) is 6.10 Å². The first kappa shape index (κ1) is 93.0. The van der Waals surface area contributed by atoms with Crippen LogP contribution < -0.4 is 0 Å². The molecule has 0 amide bonds. The van der Waals surface area contributed by atoms with Gasteiger partial charge in [-0.2, -0.15) is 0 Å². The zero-order valence-electron chi connectivity index (χ0n) is 60.7. The highest BCUT2D eigenvalue weighted by Gasteiger charge is 2.29. The Bertz CT molecular complexity index is 2250. The Morgan fingerprint density at radius 1 is 0.289 bits per heavy atom. The second-order valence-corrected chi connectivity index (χ2v) is 28.0. The maximum Gasteiger partial charge on any atom is 0.472 e. The number of unbranched alkanes of at least 4 members (excludes halogenated alkanes) is 28. The Hall–Kier alpha value is -4.05. The highest BCUT2D eigenvalue weighted by Crippen LogP contribution is 2.45. The van der Waals surface area contributed by atoms with Crippen LogP contribution >= 0.6 is 15.6 Å². The van der Waals surface area contributed by atoms with Gasteiger partial charge in [0.2, 0.25) is 0 Å². The smallest absolute Gasteiger partial charge is 0.463 e. The number of carbonyl (C=O) groups excluding carboxylic acids is 3. The first-order valence-electron chi connectivity index (χ1n) is 37.8. The van der Waals surface area contributed by atoms with Crippen LogP contribution in [0, 0.1) is 0 Å². The quantitative estimate of drug-likeness (QED) is 0.0146. The second kappa shape index (κ2) is 71.8. The number of ether oxygens (including phenoxy) is 3. The summed E-state index contributed by atoms with van der Waals surface area (Å²) in [6, 6.07) is 0. The number of hydrogen-bond donors (Lipinski definition) is 4. The zero-order chi connectivity index (χ0) is 70.9. The predicted octanol–water partition coefficient (Wildman–Crippen LogP) is 21.8. The van der Waals surface area contributed by atoms with Gasteiger partial charge in [0.1, 0.15) is 25.4 Å². The zero-order valence-corrected chi connectivity index (χ0v) is 62.5. The molecule has 97 heavy (non-hydrogen) atoms. The topological polar surface area (TPSA) is 231 Å². The van der Waals surface area contributed by atoms with Crippen LogP contribution in [0.4, 0.5) is 0 Å². The monoisotopic (exact) mass is 1400 g/mol. The van der Waals surface area contributed by atoms with E-state index in [0.29, 0.717) is 19.3 Å². The van der Waals surface area contributed by atoms with E-state index in [9.17, 15) is 43.5 Å². The van der Waals surface area contributed by atoms with Crippen LogP contribution in [-0.4, -0.2) is 95.9 Å². The maximum atomic E-state index is 12.9. The molecule has 16 nitrogen and oxygen atoms in total. The lowest BCUT2D eigenvalue weighted by Crippen LogP contribution is -2.30. The molecule has 0 heterocycles. The third kappa shape index (κ3) is 73.0. The number of rotatable bonds is 71. The first-order chi connectivity index (χ1) is 47.2. The van der Waals surface area contributed by atoms with E-state index in [2.05, 4.69) is 142 Å². The lowest BCUT2D eigenvalue weighted by molar-refractivity contribution is -0.161. The van der Waals surface area contributed by atoms with Crippen LogP contribution in [0.1, 0.15) is 303 Å². The normalized spacial score (nSPS) is 14.8. The molecule has 18 heteroatoms. The average Bonchev–Trinajstić information content (AvgIpc) is 1.70. The van der Waals surface area contributed by atoms with E-state index in [1.54, 1.807) is 0 Å². The molecule has 0 aromatic rings. The lowest BCUT2D eigenvalue weighted by Gasteiger charge is -2.21. The minimum absolute atomic E-state index is 0.0814. The van der Waals surface area contributed by atoms with E-state index in [0.717, 1.165) is 148 Å². The van der Waals surface area contributed by atoms with E-state index >= 15 is 0 Å². The molecule has 0 radical (unpaired) electrons. The van der Waals surface area contributed by atoms with Crippen LogP contribution in [0.5, 0.6) is 0 Å². The second-order valence-electron chi connectivity index (χ2n) is 25.1. The van der Waals surface area contributed by atoms with Gasteiger partial charge in [-0.1, -0.05) is 271 Å². The Morgan fingerprint density at radius 2 is 0.536 bits per heavy atom. The van der Waals surface area contributed by atoms with E-state index in [1.807, 2.05) is 0 Å². The standard InChI is InChI=1S/C79H136O16P2/c1-4-7-10-13-16-19-22-25-27-29-31-33-34-35-36-37-38-40-42-43-45-48-50-53-56-59-62-65-77(82)89-68-74(80)69-91-96(85,86)92-70-75(81)71-93-97(87,88)94-73-76(95-79(84)67-64-61-58-55-52-47-24-21-18-15-12-9-6-3)72-90-78(83)66-63-60-57-54-51-49-46-44-41-39-32-30-28-26-23-20-17-14-11-8-5-2/h12,15-17,19-21,24-28,31-33,35-36,39,44,46,74-76,80-81H,4-11,13-14,18,22-23,29-30,34,37-38,40-43,45,47-73H2,1-3H3,(H,85,86)(H,87,88)/b15-12-,19-16-,20-17-,24-21-,27-25-,28-26-,33-31-,36-35-,39-32-,46-44-. The van der Waals surface area contributed by atoms with Crippen molar-refractivity contribution in [2.45, 2.75) is 322 Å². The van der Waals surface area contributed by atoms with Gasteiger partial charge in [0.25, 0.3) is 0 Å². The molecule has 0 fully saturated rings. The summed E-state index contributed by atoms with van der Waals surface area (Å²) >= 11 is 0. The average molecular weight is 1400 g/mol. The molecule has 0 aromatic carbocycles. The summed E-state index contributed by atoms with van der Waals surface area (Å²) in [4.78, 5) is 58.5. The van der Waals surface area contributed by atoms with Crippen LogP contribution in [-0.2, 0) is 55.8 Å². The number of phosphoric acid groups is 2. The fourth-order valence-electron chi connectivity index (χ4n) is 9.81. The predicted molar refractivity (Wildman–Crippen MR) is 399 cm³/mol. The van der Waals surface area contributed by atoms with Crippen molar-refractivity contribution in [3.05, 3.63) is 122 Å². The van der Waals surface area contributed by atoms with Gasteiger partial charge < -0.3 is 34.2 Å². The molecule has 0 aliphatic rings. The van der Waals surface area contributed by atoms with Crippen molar-refractivity contribution in [3.8, 4) is 0 Å². The summed E-state index contributed by atoms with van der Waals surface area (Å²) in [5.74, 6) is -1.61. The molecule has 5 atom stereocenters. The SMILES string of the molecule is CCC/C=C\C/C=C\CCCCCCCC(=O)OC(COC(=O)CCCCCCC/C=C\C/C=C\C/C=C\C/C=C\CCCCC)COP(=O)(O)OCC(O)COP(=O)(O)OCC(O)COC(=O)CCCCCCCCCCCCC/C=C\C/C=C\C/C=C\C/C=C\CCCCC. The maximum absolute atomic E-state index is 12.9. The summed E-state index contributed by atoms with van der Waals surface area (Å²) in [7, 11) is -9.80. The van der Waals surface area contributed by atoms with E-state index in [-0.39, 0.29) is 19.3 Å². The molecule has 0 aliphatic carbocycles.